The quantitative estimate of drug-likeness (QED) is 0.807. The fourth-order valence-corrected chi connectivity index (χ4v) is 2.37. The smallest absolute Gasteiger partial charge is 0.164 e. The molecule has 0 aromatic heterocycles. The van der Waals surface area contributed by atoms with E-state index in [1.807, 2.05) is 12.1 Å². The monoisotopic (exact) mass is 231 g/mol. The van der Waals surface area contributed by atoms with Crippen LogP contribution in [-0.2, 0) is 6.42 Å². The Labute approximate surface area is 103 Å². The Bertz CT molecular complexity index is 363. The molecule has 2 nitrogen and oxygen atoms in total. The van der Waals surface area contributed by atoms with E-state index in [2.05, 4.69) is 24.4 Å². The van der Waals surface area contributed by atoms with Gasteiger partial charge >= 0.3 is 0 Å². The normalized spacial score (nSPS) is 20.2. The average molecular weight is 231 g/mol. The van der Waals surface area contributed by atoms with Crippen LogP contribution in [0.25, 0.3) is 0 Å². The molecule has 2 heteroatoms. The largest absolute Gasteiger partial charge is 0.314 e. The van der Waals surface area contributed by atoms with Gasteiger partial charge < -0.3 is 5.32 Å². The Kier molecular flexibility index (Phi) is 4.32. The van der Waals surface area contributed by atoms with Gasteiger partial charge in [-0.3, -0.25) is 4.79 Å². The van der Waals surface area contributed by atoms with Gasteiger partial charge in [0, 0.05) is 18.0 Å². The minimum Gasteiger partial charge on any atom is -0.314 e. The van der Waals surface area contributed by atoms with Crippen LogP contribution >= 0.6 is 0 Å². The van der Waals surface area contributed by atoms with E-state index in [0.717, 1.165) is 24.9 Å². The molecular formula is C15H21NO. The zero-order valence-corrected chi connectivity index (χ0v) is 10.5. The molecule has 0 spiro atoms. The predicted octanol–water partition coefficient (Wildman–Crippen LogP) is 2.96. The van der Waals surface area contributed by atoms with Crippen molar-refractivity contribution in [1.29, 1.82) is 0 Å². The van der Waals surface area contributed by atoms with E-state index < -0.39 is 0 Å². The maximum atomic E-state index is 12.1. The van der Waals surface area contributed by atoms with E-state index in [-0.39, 0.29) is 5.78 Å². The van der Waals surface area contributed by atoms with Gasteiger partial charge in [-0.1, -0.05) is 37.6 Å². The highest BCUT2D eigenvalue weighted by atomic mass is 16.1. The number of ketones is 1. The molecule has 0 radical (unpaired) electrons. The maximum absolute atomic E-state index is 12.1. The van der Waals surface area contributed by atoms with E-state index in [1.165, 1.54) is 18.4 Å². The second-order valence-electron chi connectivity index (χ2n) is 4.82. The Hall–Kier alpha value is -1.15. The van der Waals surface area contributed by atoms with Crippen LogP contribution in [0.5, 0.6) is 0 Å². The molecule has 1 saturated heterocycles. The first-order chi connectivity index (χ1) is 8.29. The number of piperidine rings is 1. The van der Waals surface area contributed by atoms with E-state index in [9.17, 15) is 4.79 Å². The number of Topliss-reactive ketones (excluding diaryl/α,β-unsaturated/α-hetero) is 1. The first-order valence-corrected chi connectivity index (χ1v) is 6.65. The number of aryl methyl sites for hydroxylation is 1. The van der Waals surface area contributed by atoms with Gasteiger partial charge in [0.2, 0.25) is 0 Å². The van der Waals surface area contributed by atoms with E-state index >= 15 is 0 Å². The van der Waals surface area contributed by atoms with Crippen molar-refractivity contribution in [3.63, 3.8) is 0 Å². The van der Waals surface area contributed by atoms with Crippen molar-refractivity contribution >= 4 is 5.78 Å². The van der Waals surface area contributed by atoms with E-state index in [4.69, 9.17) is 0 Å². The van der Waals surface area contributed by atoms with E-state index in [1.54, 1.807) is 0 Å². The maximum Gasteiger partial charge on any atom is 0.164 e. The zero-order chi connectivity index (χ0) is 12.1. The van der Waals surface area contributed by atoms with Gasteiger partial charge in [-0.25, -0.2) is 0 Å². The van der Waals surface area contributed by atoms with Gasteiger partial charge in [0.1, 0.15) is 0 Å². The van der Waals surface area contributed by atoms with Gasteiger partial charge in [-0.2, -0.15) is 0 Å². The van der Waals surface area contributed by atoms with Gasteiger partial charge in [-0.05, 0) is 31.4 Å². The first kappa shape index (κ1) is 12.3. The Morgan fingerprint density at radius 2 is 2.06 bits per heavy atom. The van der Waals surface area contributed by atoms with Crippen molar-refractivity contribution in [2.45, 2.75) is 45.1 Å². The standard InChI is InChI=1S/C15H21NO/c1-2-12-6-8-13(9-7-12)15(17)11-14-5-3-4-10-16-14/h6-9,14,16H,2-5,10-11H2,1H3. The SMILES string of the molecule is CCc1ccc(C(=O)CC2CCCCN2)cc1. The zero-order valence-electron chi connectivity index (χ0n) is 10.5. The first-order valence-electron chi connectivity index (χ1n) is 6.65. The summed E-state index contributed by atoms with van der Waals surface area (Å²) in [6.07, 6.45) is 5.30. The molecule has 1 aliphatic heterocycles. The highest BCUT2D eigenvalue weighted by Crippen LogP contribution is 2.14. The Balaban J connectivity index is 1.93. The van der Waals surface area contributed by atoms with Crippen LogP contribution < -0.4 is 5.32 Å². The highest BCUT2D eigenvalue weighted by molar-refractivity contribution is 5.96. The number of hydrogen-bond acceptors (Lipinski definition) is 2. The molecule has 1 unspecified atom stereocenters. The number of benzene rings is 1. The second-order valence-corrected chi connectivity index (χ2v) is 4.82. The van der Waals surface area contributed by atoms with Crippen LogP contribution in [0.3, 0.4) is 0 Å². The molecule has 1 N–H and O–H groups in total. The molecular weight excluding hydrogens is 210 g/mol. The number of rotatable bonds is 4. The van der Waals surface area contributed by atoms with Gasteiger partial charge in [0.15, 0.2) is 5.78 Å². The summed E-state index contributed by atoms with van der Waals surface area (Å²) in [4.78, 5) is 12.1. The summed E-state index contributed by atoms with van der Waals surface area (Å²) in [5, 5.41) is 3.42. The third-order valence-electron chi connectivity index (χ3n) is 3.53. The number of hydrogen-bond donors (Lipinski definition) is 1. The molecule has 1 aromatic rings. The predicted molar refractivity (Wildman–Crippen MR) is 70.4 cm³/mol. The molecule has 0 amide bonds. The van der Waals surface area contributed by atoms with Crippen molar-refractivity contribution in [1.82, 2.24) is 5.32 Å². The fraction of sp³-hybridized carbons (Fsp3) is 0.533. The lowest BCUT2D eigenvalue weighted by Crippen LogP contribution is -2.35. The molecule has 17 heavy (non-hydrogen) atoms. The lowest BCUT2D eigenvalue weighted by atomic mass is 9.96. The lowest BCUT2D eigenvalue weighted by molar-refractivity contribution is 0.0963. The molecule has 1 aromatic carbocycles. The van der Waals surface area contributed by atoms with Crippen molar-refractivity contribution in [3.8, 4) is 0 Å². The van der Waals surface area contributed by atoms with Crippen molar-refractivity contribution in [2.24, 2.45) is 0 Å². The van der Waals surface area contributed by atoms with Crippen molar-refractivity contribution in [2.75, 3.05) is 6.54 Å². The molecule has 92 valence electrons. The summed E-state index contributed by atoms with van der Waals surface area (Å²) < 4.78 is 0. The summed E-state index contributed by atoms with van der Waals surface area (Å²) in [7, 11) is 0. The minimum atomic E-state index is 0.270. The summed E-state index contributed by atoms with van der Waals surface area (Å²) in [5.41, 5.74) is 2.15. The molecule has 2 rings (SSSR count). The summed E-state index contributed by atoms with van der Waals surface area (Å²) in [6, 6.07) is 8.43. The highest BCUT2D eigenvalue weighted by Gasteiger charge is 2.17. The van der Waals surface area contributed by atoms with Crippen LogP contribution in [0, 0.1) is 0 Å². The summed E-state index contributed by atoms with van der Waals surface area (Å²) in [5.74, 6) is 0.270. The van der Waals surface area contributed by atoms with Crippen LogP contribution in [0.2, 0.25) is 0 Å². The van der Waals surface area contributed by atoms with Crippen molar-refractivity contribution in [3.05, 3.63) is 35.4 Å². The minimum absolute atomic E-state index is 0.270. The molecule has 1 atom stereocenters. The molecule has 1 fully saturated rings. The van der Waals surface area contributed by atoms with Gasteiger partial charge in [0.05, 0.1) is 0 Å². The number of carbonyl (C=O) groups excluding carboxylic acids is 1. The van der Waals surface area contributed by atoms with Crippen LogP contribution in [0.4, 0.5) is 0 Å². The molecule has 0 saturated carbocycles. The Morgan fingerprint density at radius 1 is 1.29 bits per heavy atom. The Morgan fingerprint density at radius 3 is 2.65 bits per heavy atom. The molecule has 0 aliphatic carbocycles. The average Bonchev–Trinajstić information content (AvgIpc) is 2.40. The second kappa shape index (κ2) is 5.97. The molecule has 0 bridgehead atoms. The summed E-state index contributed by atoms with van der Waals surface area (Å²) >= 11 is 0. The topological polar surface area (TPSA) is 29.1 Å². The van der Waals surface area contributed by atoms with Crippen LogP contribution in [0.15, 0.2) is 24.3 Å². The van der Waals surface area contributed by atoms with Crippen molar-refractivity contribution < 1.29 is 4.79 Å². The molecule has 1 heterocycles. The van der Waals surface area contributed by atoms with Gasteiger partial charge in [-0.15, -0.1) is 0 Å². The molecule has 1 aliphatic rings. The fourth-order valence-electron chi connectivity index (χ4n) is 2.37. The number of nitrogens with one attached hydrogen (secondary N) is 1. The lowest BCUT2D eigenvalue weighted by Gasteiger charge is -2.22. The van der Waals surface area contributed by atoms with E-state index in [0.29, 0.717) is 12.5 Å². The number of carbonyl (C=O) groups is 1. The van der Waals surface area contributed by atoms with Crippen LogP contribution in [0.1, 0.15) is 48.5 Å². The summed E-state index contributed by atoms with van der Waals surface area (Å²) in [6.45, 7) is 3.19. The van der Waals surface area contributed by atoms with Crippen LogP contribution in [-0.4, -0.2) is 18.4 Å². The third-order valence-corrected chi connectivity index (χ3v) is 3.53. The van der Waals surface area contributed by atoms with Gasteiger partial charge in [0.25, 0.3) is 0 Å². The third kappa shape index (κ3) is 3.40.